The molecule has 0 atom stereocenters. The zero-order valence-corrected chi connectivity index (χ0v) is 22.8. The number of aromatic nitrogens is 3. The molecule has 1 heterocycles. The van der Waals surface area contributed by atoms with E-state index in [4.69, 9.17) is 12.2 Å². The smallest absolute Gasteiger partial charge is 0.406 e. The highest BCUT2D eigenvalue weighted by Gasteiger charge is 2.31. The van der Waals surface area contributed by atoms with Gasteiger partial charge in [-0.1, -0.05) is 60.2 Å². The van der Waals surface area contributed by atoms with Gasteiger partial charge < -0.3 is 10.1 Å². The Balaban J connectivity index is 1.20. The van der Waals surface area contributed by atoms with E-state index in [1.54, 1.807) is 0 Å². The first-order chi connectivity index (χ1) is 19.1. The number of amides is 2. The van der Waals surface area contributed by atoms with Crippen LogP contribution in [0.5, 0.6) is 5.75 Å². The van der Waals surface area contributed by atoms with Crippen molar-refractivity contribution in [3.63, 3.8) is 0 Å². The standard InChI is InChI=1S/C29H28F3N5O2S/c1-19-6-15-25(20(2)17-19)27(40)35-28(38)33-16-4-3-5-21-7-9-22(10-8-21)26-34-18-37(36-26)23-11-13-24(14-12-23)39-29(30,31)32/h6-15,17-18H,3-5,16H2,1-2H3,(H2,33,35,38,40). The summed E-state index contributed by atoms with van der Waals surface area (Å²) in [6.07, 6.45) is -0.691. The maximum absolute atomic E-state index is 12.4. The zero-order valence-electron chi connectivity index (χ0n) is 22.0. The molecule has 7 nitrogen and oxygen atoms in total. The number of aryl methyl sites for hydroxylation is 3. The molecule has 0 aliphatic heterocycles. The second kappa shape index (κ2) is 12.7. The summed E-state index contributed by atoms with van der Waals surface area (Å²) in [5.74, 6) is 0.194. The minimum absolute atomic E-state index is 0.302. The van der Waals surface area contributed by atoms with E-state index in [1.807, 2.05) is 56.3 Å². The zero-order chi connectivity index (χ0) is 28.7. The molecule has 0 saturated heterocycles. The van der Waals surface area contributed by atoms with E-state index in [9.17, 15) is 18.0 Å². The summed E-state index contributed by atoms with van der Waals surface area (Å²) in [5, 5.41) is 10.0. The van der Waals surface area contributed by atoms with Gasteiger partial charge in [0, 0.05) is 17.7 Å². The Morgan fingerprint density at radius 1 is 1.00 bits per heavy atom. The molecule has 0 aliphatic rings. The summed E-state index contributed by atoms with van der Waals surface area (Å²) >= 11 is 5.36. The maximum Gasteiger partial charge on any atom is 0.573 e. The first kappa shape index (κ1) is 28.8. The highest BCUT2D eigenvalue weighted by Crippen LogP contribution is 2.24. The van der Waals surface area contributed by atoms with Gasteiger partial charge in [0.05, 0.1) is 5.69 Å². The first-order valence-electron chi connectivity index (χ1n) is 12.6. The average molecular weight is 568 g/mol. The number of benzene rings is 3. The van der Waals surface area contributed by atoms with E-state index < -0.39 is 6.36 Å². The minimum atomic E-state index is -4.74. The van der Waals surface area contributed by atoms with Crippen molar-refractivity contribution in [3.05, 3.63) is 95.3 Å². The van der Waals surface area contributed by atoms with Crippen molar-refractivity contribution < 1.29 is 22.7 Å². The van der Waals surface area contributed by atoms with Crippen LogP contribution < -0.4 is 15.4 Å². The molecular formula is C29H28F3N5O2S. The number of thiocarbonyl (C=S) groups is 1. The molecule has 2 amide bonds. The van der Waals surface area contributed by atoms with Gasteiger partial charge in [-0.3, -0.25) is 5.32 Å². The number of halogens is 3. The maximum atomic E-state index is 12.4. The van der Waals surface area contributed by atoms with E-state index in [2.05, 4.69) is 25.5 Å². The van der Waals surface area contributed by atoms with Crippen LogP contribution in [0.15, 0.2) is 73.1 Å². The van der Waals surface area contributed by atoms with Crippen LogP contribution in [-0.4, -0.2) is 38.7 Å². The fourth-order valence-electron chi connectivity index (χ4n) is 4.08. The second-order valence-corrected chi connectivity index (χ2v) is 9.65. The second-order valence-electron chi connectivity index (χ2n) is 9.24. The van der Waals surface area contributed by atoms with Gasteiger partial charge in [-0.25, -0.2) is 14.5 Å². The first-order valence-corrected chi connectivity index (χ1v) is 13.0. The minimum Gasteiger partial charge on any atom is -0.406 e. The summed E-state index contributed by atoms with van der Waals surface area (Å²) in [5.41, 5.74) is 5.52. The number of carbonyl (C=O) groups is 1. The quantitative estimate of drug-likeness (QED) is 0.180. The third kappa shape index (κ3) is 8.12. The summed E-state index contributed by atoms with van der Waals surface area (Å²) in [4.78, 5) is 16.9. The van der Waals surface area contributed by atoms with Crippen molar-refractivity contribution in [1.82, 2.24) is 25.4 Å². The van der Waals surface area contributed by atoms with Gasteiger partial charge in [-0.15, -0.1) is 18.3 Å². The van der Waals surface area contributed by atoms with Crippen molar-refractivity contribution in [1.29, 1.82) is 0 Å². The number of rotatable bonds is 9. The number of unbranched alkanes of at least 4 members (excludes halogenated alkanes) is 1. The van der Waals surface area contributed by atoms with E-state index >= 15 is 0 Å². The molecule has 40 heavy (non-hydrogen) atoms. The lowest BCUT2D eigenvalue weighted by atomic mass is 10.1. The topological polar surface area (TPSA) is 81.1 Å². The van der Waals surface area contributed by atoms with Crippen LogP contribution in [0.25, 0.3) is 17.1 Å². The number of hydrogen-bond donors (Lipinski definition) is 2. The van der Waals surface area contributed by atoms with Gasteiger partial charge in [0.2, 0.25) is 0 Å². The van der Waals surface area contributed by atoms with Crippen LogP contribution in [-0.2, 0) is 6.42 Å². The molecule has 1 aromatic heterocycles. The van der Waals surface area contributed by atoms with Crippen molar-refractivity contribution in [2.75, 3.05) is 6.54 Å². The molecule has 0 fully saturated rings. The number of urea groups is 1. The Hall–Kier alpha value is -4.25. The third-order valence-electron chi connectivity index (χ3n) is 6.07. The lowest BCUT2D eigenvalue weighted by Crippen LogP contribution is -2.39. The molecule has 0 unspecified atom stereocenters. The fourth-order valence-corrected chi connectivity index (χ4v) is 4.40. The van der Waals surface area contributed by atoms with Gasteiger partial charge in [-0.2, -0.15) is 0 Å². The van der Waals surface area contributed by atoms with E-state index in [-0.39, 0.29) is 11.8 Å². The Bertz CT molecular complexity index is 1470. The van der Waals surface area contributed by atoms with Crippen LogP contribution in [0, 0.1) is 13.8 Å². The van der Waals surface area contributed by atoms with E-state index in [0.29, 0.717) is 23.0 Å². The predicted octanol–water partition coefficient (Wildman–Crippen LogP) is 6.45. The molecule has 0 bridgehead atoms. The summed E-state index contributed by atoms with van der Waals surface area (Å²) in [6, 6.07) is 18.8. The SMILES string of the molecule is Cc1ccc(C(=S)NC(=O)NCCCCc2ccc(-c3ncn(-c4ccc(OC(F)(F)F)cc4)n3)cc2)c(C)c1. The molecule has 0 radical (unpaired) electrons. The van der Waals surface area contributed by atoms with Crippen molar-refractivity contribution in [3.8, 4) is 22.8 Å². The van der Waals surface area contributed by atoms with Crippen LogP contribution in [0.4, 0.5) is 18.0 Å². The van der Waals surface area contributed by atoms with Gasteiger partial charge in [0.1, 0.15) is 17.1 Å². The summed E-state index contributed by atoms with van der Waals surface area (Å²) in [7, 11) is 0. The van der Waals surface area contributed by atoms with Crippen LogP contribution in [0.2, 0.25) is 0 Å². The monoisotopic (exact) mass is 567 g/mol. The number of nitrogens with zero attached hydrogens (tertiary/aromatic N) is 3. The fraction of sp³-hybridized carbons (Fsp3) is 0.241. The van der Waals surface area contributed by atoms with E-state index in [1.165, 1.54) is 35.3 Å². The predicted molar refractivity (Wildman–Crippen MR) is 151 cm³/mol. The van der Waals surface area contributed by atoms with E-state index in [0.717, 1.165) is 47.1 Å². The molecule has 3 aromatic carbocycles. The number of hydrogen-bond acceptors (Lipinski definition) is 5. The lowest BCUT2D eigenvalue weighted by Gasteiger charge is -2.11. The molecular weight excluding hydrogens is 539 g/mol. The van der Waals surface area contributed by atoms with Gasteiger partial charge in [0.25, 0.3) is 0 Å². The molecule has 4 aromatic rings. The molecule has 4 rings (SSSR count). The highest BCUT2D eigenvalue weighted by molar-refractivity contribution is 7.80. The van der Waals surface area contributed by atoms with Crippen molar-refractivity contribution in [2.24, 2.45) is 0 Å². The lowest BCUT2D eigenvalue weighted by molar-refractivity contribution is -0.274. The number of carbonyl (C=O) groups excluding carboxylic acids is 1. The molecule has 0 aliphatic carbocycles. The molecule has 0 spiro atoms. The number of ether oxygens (including phenoxy) is 1. The highest BCUT2D eigenvalue weighted by atomic mass is 32.1. The van der Waals surface area contributed by atoms with Crippen LogP contribution in [0.1, 0.15) is 35.1 Å². The van der Waals surface area contributed by atoms with Gasteiger partial charge in [-0.05, 0) is 68.5 Å². The van der Waals surface area contributed by atoms with Crippen LogP contribution >= 0.6 is 12.2 Å². The largest absolute Gasteiger partial charge is 0.573 e. The van der Waals surface area contributed by atoms with Crippen molar-refractivity contribution in [2.45, 2.75) is 39.5 Å². The molecule has 2 N–H and O–H groups in total. The van der Waals surface area contributed by atoms with Gasteiger partial charge in [0.15, 0.2) is 5.82 Å². The molecule has 208 valence electrons. The normalized spacial score (nSPS) is 11.2. The summed E-state index contributed by atoms with van der Waals surface area (Å²) in [6.45, 7) is 4.51. The average Bonchev–Trinajstić information content (AvgIpc) is 3.38. The Morgan fingerprint density at radius 2 is 1.73 bits per heavy atom. The molecule has 11 heteroatoms. The number of nitrogens with one attached hydrogen (secondary N) is 2. The van der Waals surface area contributed by atoms with Crippen molar-refractivity contribution >= 4 is 23.2 Å². The number of alkyl halides is 3. The third-order valence-corrected chi connectivity index (χ3v) is 6.39. The Morgan fingerprint density at radius 3 is 2.40 bits per heavy atom. The van der Waals surface area contributed by atoms with Gasteiger partial charge >= 0.3 is 12.4 Å². The van der Waals surface area contributed by atoms with Crippen LogP contribution in [0.3, 0.4) is 0 Å². The molecule has 0 saturated carbocycles. The summed E-state index contributed by atoms with van der Waals surface area (Å²) < 4.78 is 42.4. The Labute approximate surface area is 235 Å². The Kier molecular flexibility index (Phi) is 9.15.